The third-order valence-corrected chi connectivity index (χ3v) is 5.83. The SMILES string of the molecule is COc1ccc2nc(/C=C/c3ccc(Cl)cc3)nc(NC3CCCCC3N=C(N)N)c2c1. The Bertz CT molecular complexity index is 1140. The largest absolute Gasteiger partial charge is 0.497 e. The molecule has 7 nitrogen and oxygen atoms in total. The number of halogens is 1. The minimum Gasteiger partial charge on any atom is -0.497 e. The van der Waals surface area contributed by atoms with Gasteiger partial charge in [-0.05, 0) is 54.8 Å². The van der Waals surface area contributed by atoms with Crippen molar-refractivity contribution in [3.8, 4) is 5.75 Å². The fourth-order valence-electron chi connectivity index (χ4n) is 3.98. The molecule has 4 rings (SSSR count). The first kappa shape index (κ1) is 21.9. The first-order chi connectivity index (χ1) is 15.5. The maximum Gasteiger partial charge on any atom is 0.186 e. The Morgan fingerprint density at radius 3 is 2.62 bits per heavy atom. The number of rotatable bonds is 6. The highest BCUT2D eigenvalue weighted by molar-refractivity contribution is 6.30. The molecule has 0 bridgehead atoms. The minimum atomic E-state index is 0.0115. The Balaban J connectivity index is 1.71. The number of nitrogens with two attached hydrogens (primary N) is 2. The average Bonchev–Trinajstić information content (AvgIpc) is 2.79. The molecule has 0 radical (unpaired) electrons. The molecule has 3 aromatic rings. The van der Waals surface area contributed by atoms with Crippen LogP contribution in [-0.4, -0.2) is 35.1 Å². The van der Waals surface area contributed by atoms with Crippen molar-refractivity contribution in [3.63, 3.8) is 0 Å². The molecule has 1 aliphatic carbocycles. The van der Waals surface area contributed by atoms with Gasteiger partial charge in [-0.3, -0.25) is 0 Å². The van der Waals surface area contributed by atoms with Gasteiger partial charge in [-0.2, -0.15) is 0 Å². The van der Waals surface area contributed by atoms with Gasteiger partial charge in [-0.1, -0.05) is 42.7 Å². The highest BCUT2D eigenvalue weighted by Gasteiger charge is 2.26. The second kappa shape index (κ2) is 9.87. The molecule has 166 valence electrons. The van der Waals surface area contributed by atoms with Crippen molar-refractivity contribution >= 4 is 46.4 Å². The molecule has 2 atom stereocenters. The molecule has 0 amide bonds. The van der Waals surface area contributed by atoms with Crippen LogP contribution in [0.2, 0.25) is 5.02 Å². The third kappa shape index (κ3) is 5.29. The summed E-state index contributed by atoms with van der Waals surface area (Å²) >= 11 is 5.98. The van der Waals surface area contributed by atoms with E-state index in [1.165, 1.54) is 0 Å². The van der Waals surface area contributed by atoms with Crippen LogP contribution in [0.1, 0.15) is 37.1 Å². The summed E-state index contributed by atoms with van der Waals surface area (Å²) in [4.78, 5) is 14.0. The van der Waals surface area contributed by atoms with Gasteiger partial charge < -0.3 is 21.5 Å². The van der Waals surface area contributed by atoms with Gasteiger partial charge in [0.15, 0.2) is 11.8 Å². The maximum absolute atomic E-state index is 5.98. The van der Waals surface area contributed by atoms with E-state index < -0.39 is 0 Å². The fourth-order valence-corrected chi connectivity index (χ4v) is 4.11. The molecule has 2 unspecified atom stereocenters. The number of benzene rings is 2. The monoisotopic (exact) mass is 450 g/mol. The van der Waals surface area contributed by atoms with Crippen molar-refractivity contribution in [2.45, 2.75) is 37.8 Å². The van der Waals surface area contributed by atoms with Gasteiger partial charge >= 0.3 is 0 Å². The van der Waals surface area contributed by atoms with Crippen LogP contribution in [0.3, 0.4) is 0 Å². The van der Waals surface area contributed by atoms with Gasteiger partial charge in [0, 0.05) is 10.4 Å². The van der Waals surface area contributed by atoms with Gasteiger partial charge in [-0.25, -0.2) is 15.0 Å². The van der Waals surface area contributed by atoms with Gasteiger partial charge in [0.1, 0.15) is 11.6 Å². The summed E-state index contributed by atoms with van der Waals surface area (Å²) in [6, 6.07) is 13.5. The summed E-state index contributed by atoms with van der Waals surface area (Å²) in [6.45, 7) is 0. The number of hydrogen-bond donors (Lipinski definition) is 3. The number of anilines is 1. The number of hydrogen-bond acceptors (Lipinski definition) is 5. The topological polar surface area (TPSA) is 111 Å². The van der Waals surface area contributed by atoms with Gasteiger partial charge in [0.05, 0.1) is 24.7 Å². The lowest BCUT2D eigenvalue weighted by molar-refractivity contribution is 0.405. The van der Waals surface area contributed by atoms with Crippen molar-refractivity contribution in [2.24, 2.45) is 16.5 Å². The number of guanidine groups is 1. The van der Waals surface area contributed by atoms with Gasteiger partial charge in [0.25, 0.3) is 0 Å². The molecular formula is C24H27ClN6O. The molecule has 8 heteroatoms. The van der Waals surface area contributed by atoms with E-state index in [4.69, 9.17) is 37.8 Å². The Morgan fingerprint density at radius 1 is 1.09 bits per heavy atom. The second-order valence-corrected chi connectivity index (χ2v) is 8.29. The predicted octanol–water partition coefficient (Wildman–Crippen LogP) is 4.46. The van der Waals surface area contributed by atoms with Crippen LogP contribution in [0.4, 0.5) is 5.82 Å². The molecule has 1 aliphatic rings. The highest BCUT2D eigenvalue weighted by atomic mass is 35.5. The van der Waals surface area contributed by atoms with E-state index in [-0.39, 0.29) is 18.0 Å². The summed E-state index contributed by atoms with van der Waals surface area (Å²) in [6.07, 6.45) is 7.98. The zero-order chi connectivity index (χ0) is 22.5. The standard InChI is InChI=1S/C24H27ClN6O/c1-32-17-11-12-19-18(14-17)23(29-20-4-2-3-5-21(20)30-24(26)27)31-22(28-19)13-8-15-6-9-16(25)10-7-15/h6-14,20-21H,2-5H2,1H3,(H4,26,27,30)(H,28,29,31)/b13-8+. The number of aromatic nitrogens is 2. The normalized spacial score (nSPS) is 18.6. The molecule has 5 N–H and O–H groups in total. The second-order valence-electron chi connectivity index (χ2n) is 7.85. The number of aliphatic imine (C=N–C) groups is 1. The average molecular weight is 451 g/mol. The van der Waals surface area contributed by atoms with Crippen LogP contribution < -0.4 is 21.5 Å². The fraction of sp³-hybridized carbons (Fsp3) is 0.292. The third-order valence-electron chi connectivity index (χ3n) is 5.58. The summed E-state index contributed by atoms with van der Waals surface area (Å²) in [5.41, 5.74) is 13.2. The van der Waals surface area contributed by atoms with Crippen LogP contribution in [-0.2, 0) is 0 Å². The molecular weight excluding hydrogens is 424 g/mol. The van der Waals surface area contributed by atoms with Crippen LogP contribution >= 0.6 is 11.6 Å². The molecule has 1 saturated carbocycles. The number of methoxy groups -OCH3 is 1. The summed E-state index contributed by atoms with van der Waals surface area (Å²) in [5.74, 6) is 2.21. The molecule has 1 heterocycles. The lowest BCUT2D eigenvalue weighted by atomic mass is 9.90. The van der Waals surface area contributed by atoms with Crippen LogP contribution in [0.25, 0.3) is 23.1 Å². The minimum absolute atomic E-state index is 0.0115. The summed E-state index contributed by atoms with van der Waals surface area (Å²) in [7, 11) is 1.65. The van der Waals surface area contributed by atoms with Crippen LogP contribution in [0.15, 0.2) is 47.5 Å². The molecule has 0 saturated heterocycles. The van der Waals surface area contributed by atoms with Crippen molar-refractivity contribution < 1.29 is 4.74 Å². The highest BCUT2D eigenvalue weighted by Crippen LogP contribution is 2.30. The van der Waals surface area contributed by atoms with Crippen molar-refractivity contribution in [2.75, 3.05) is 12.4 Å². The molecule has 1 fully saturated rings. The lowest BCUT2D eigenvalue weighted by Crippen LogP contribution is -2.38. The zero-order valence-electron chi connectivity index (χ0n) is 18.0. The van der Waals surface area contributed by atoms with Crippen molar-refractivity contribution in [1.82, 2.24) is 9.97 Å². The van der Waals surface area contributed by atoms with E-state index in [0.29, 0.717) is 10.8 Å². The first-order valence-electron chi connectivity index (χ1n) is 10.7. The number of fused-ring (bicyclic) bond motifs is 1. The molecule has 32 heavy (non-hydrogen) atoms. The Morgan fingerprint density at radius 2 is 1.88 bits per heavy atom. The lowest BCUT2D eigenvalue weighted by Gasteiger charge is -2.30. The molecule has 0 spiro atoms. The van der Waals surface area contributed by atoms with Gasteiger partial charge in [-0.15, -0.1) is 0 Å². The molecule has 0 aliphatic heterocycles. The quantitative estimate of drug-likeness (QED) is 0.377. The van der Waals surface area contributed by atoms with Crippen molar-refractivity contribution in [3.05, 3.63) is 58.9 Å². The van der Waals surface area contributed by atoms with E-state index in [2.05, 4.69) is 10.3 Å². The van der Waals surface area contributed by atoms with Gasteiger partial charge in [0.2, 0.25) is 0 Å². The van der Waals surface area contributed by atoms with E-state index >= 15 is 0 Å². The van der Waals surface area contributed by atoms with E-state index in [1.54, 1.807) is 7.11 Å². The van der Waals surface area contributed by atoms with E-state index in [0.717, 1.165) is 53.7 Å². The van der Waals surface area contributed by atoms with Crippen molar-refractivity contribution in [1.29, 1.82) is 0 Å². The van der Waals surface area contributed by atoms with E-state index in [9.17, 15) is 0 Å². The smallest absolute Gasteiger partial charge is 0.186 e. The van der Waals surface area contributed by atoms with Crippen LogP contribution in [0.5, 0.6) is 5.75 Å². The summed E-state index contributed by atoms with van der Waals surface area (Å²) < 4.78 is 5.42. The first-order valence-corrected chi connectivity index (χ1v) is 11.0. The number of nitrogens with zero attached hydrogens (tertiary/aromatic N) is 3. The predicted molar refractivity (Wildman–Crippen MR) is 132 cm³/mol. The zero-order valence-corrected chi connectivity index (χ0v) is 18.7. The molecule has 1 aromatic heterocycles. The van der Waals surface area contributed by atoms with E-state index in [1.807, 2.05) is 54.6 Å². The molecule has 2 aromatic carbocycles. The Hall–Kier alpha value is -3.32. The Labute approximate surface area is 192 Å². The number of nitrogens with one attached hydrogen (secondary N) is 1. The number of ether oxygens (including phenoxy) is 1. The van der Waals surface area contributed by atoms with Crippen LogP contribution in [0, 0.1) is 0 Å². The Kier molecular flexibility index (Phi) is 6.75. The summed E-state index contributed by atoms with van der Waals surface area (Å²) in [5, 5.41) is 5.19. The maximum atomic E-state index is 5.98.